The van der Waals surface area contributed by atoms with Crippen molar-refractivity contribution in [2.75, 3.05) is 12.8 Å². The lowest BCUT2D eigenvalue weighted by atomic mass is 10.1. The Morgan fingerprint density at radius 3 is 2.65 bits per heavy atom. The lowest BCUT2D eigenvalue weighted by molar-refractivity contribution is 0.319. The van der Waals surface area contributed by atoms with Crippen molar-refractivity contribution >= 4 is 5.69 Å². The number of nitrogen functional groups attached to an aromatic ring is 1. The van der Waals surface area contributed by atoms with E-state index in [1.165, 1.54) is 30.4 Å². The van der Waals surface area contributed by atoms with E-state index in [1.54, 1.807) is 11.1 Å². The van der Waals surface area contributed by atoms with E-state index >= 15 is 0 Å². The van der Waals surface area contributed by atoms with Crippen molar-refractivity contribution < 1.29 is 0 Å². The van der Waals surface area contributed by atoms with Crippen LogP contribution < -0.4 is 5.73 Å². The van der Waals surface area contributed by atoms with Gasteiger partial charge in [0.25, 0.3) is 0 Å². The number of anilines is 1. The summed E-state index contributed by atoms with van der Waals surface area (Å²) < 4.78 is 0. The van der Waals surface area contributed by atoms with Crippen LogP contribution in [-0.4, -0.2) is 11.9 Å². The van der Waals surface area contributed by atoms with Gasteiger partial charge >= 0.3 is 0 Å². The molecule has 0 saturated heterocycles. The summed E-state index contributed by atoms with van der Waals surface area (Å²) in [5, 5.41) is 0. The van der Waals surface area contributed by atoms with Crippen molar-refractivity contribution in [3.63, 3.8) is 0 Å². The van der Waals surface area contributed by atoms with E-state index < -0.39 is 0 Å². The monoisotopic (exact) mass is 266 g/mol. The predicted molar refractivity (Wildman–Crippen MR) is 84.5 cm³/mol. The van der Waals surface area contributed by atoms with Crippen LogP contribution in [0.15, 0.2) is 42.5 Å². The molecule has 20 heavy (non-hydrogen) atoms. The molecular weight excluding hydrogens is 244 g/mol. The fourth-order valence-corrected chi connectivity index (χ4v) is 3.06. The molecule has 2 aromatic carbocycles. The number of para-hydroxylation sites is 1. The zero-order valence-corrected chi connectivity index (χ0v) is 12.1. The molecule has 0 atom stereocenters. The highest BCUT2D eigenvalue weighted by Gasteiger charge is 2.11. The summed E-state index contributed by atoms with van der Waals surface area (Å²) in [4.78, 5) is 2.32. The molecular formula is C18H22N2. The number of hydrogen-bond donors (Lipinski definition) is 1. The van der Waals surface area contributed by atoms with E-state index in [-0.39, 0.29) is 0 Å². The largest absolute Gasteiger partial charge is 0.398 e. The lowest BCUT2D eigenvalue weighted by Gasteiger charge is -2.18. The Kier molecular flexibility index (Phi) is 3.75. The predicted octanol–water partition coefficient (Wildman–Crippen LogP) is 3.39. The van der Waals surface area contributed by atoms with Gasteiger partial charge in [0.2, 0.25) is 0 Å². The van der Waals surface area contributed by atoms with Gasteiger partial charge in [0.15, 0.2) is 0 Å². The summed E-state index contributed by atoms with van der Waals surface area (Å²) in [7, 11) is 2.15. The van der Waals surface area contributed by atoms with E-state index in [2.05, 4.69) is 42.3 Å². The molecule has 0 unspecified atom stereocenters. The van der Waals surface area contributed by atoms with Crippen LogP contribution in [0, 0.1) is 0 Å². The zero-order valence-electron chi connectivity index (χ0n) is 12.1. The normalized spacial score (nSPS) is 13.7. The highest BCUT2D eigenvalue weighted by molar-refractivity contribution is 5.46. The minimum atomic E-state index is 0.883. The fourth-order valence-electron chi connectivity index (χ4n) is 3.06. The summed E-state index contributed by atoms with van der Waals surface area (Å²) in [5.74, 6) is 0. The molecule has 0 amide bonds. The van der Waals surface area contributed by atoms with Crippen molar-refractivity contribution in [1.29, 1.82) is 0 Å². The Labute approximate surface area is 121 Å². The van der Waals surface area contributed by atoms with Crippen molar-refractivity contribution in [1.82, 2.24) is 4.90 Å². The van der Waals surface area contributed by atoms with Gasteiger partial charge in [-0.1, -0.05) is 36.4 Å². The number of nitrogens with zero attached hydrogens (tertiary/aromatic N) is 1. The summed E-state index contributed by atoms with van der Waals surface area (Å²) in [6.07, 6.45) is 3.82. The third-order valence-electron chi connectivity index (χ3n) is 4.11. The van der Waals surface area contributed by atoms with Gasteiger partial charge in [0, 0.05) is 18.8 Å². The molecule has 2 aromatic rings. The lowest BCUT2D eigenvalue weighted by Crippen LogP contribution is -2.18. The van der Waals surface area contributed by atoms with Crippen molar-refractivity contribution in [3.05, 3.63) is 64.7 Å². The van der Waals surface area contributed by atoms with Gasteiger partial charge in [-0.05, 0) is 54.6 Å². The molecule has 0 spiro atoms. The van der Waals surface area contributed by atoms with Crippen LogP contribution in [0.5, 0.6) is 0 Å². The van der Waals surface area contributed by atoms with E-state index in [0.29, 0.717) is 0 Å². The Hall–Kier alpha value is -1.80. The standard InChI is InChI=1S/C18H22N2/c1-20(13-17-5-2-3-8-18(17)19)12-14-9-10-15-6-4-7-16(15)11-14/h2-3,5,8-11H,4,6-7,12-13,19H2,1H3. The SMILES string of the molecule is CN(Cc1ccc2c(c1)CCC2)Cc1ccccc1N. The van der Waals surface area contributed by atoms with Crippen LogP contribution in [0.4, 0.5) is 5.69 Å². The van der Waals surface area contributed by atoms with Crippen molar-refractivity contribution in [2.45, 2.75) is 32.4 Å². The molecule has 1 aliphatic rings. The van der Waals surface area contributed by atoms with Gasteiger partial charge < -0.3 is 5.73 Å². The molecule has 2 N–H and O–H groups in total. The van der Waals surface area contributed by atoms with E-state index in [0.717, 1.165) is 18.8 Å². The van der Waals surface area contributed by atoms with Gasteiger partial charge in [-0.3, -0.25) is 4.90 Å². The number of benzene rings is 2. The van der Waals surface area contributed by atoms with E-state index in [4.69, 9.17) is 5.73 Å². The van der Waals surface area contributed by atoms with Crippen LogP contribution >= 0.6 is 0 Å². The molecule has 0 heterocycles. The first-order chi connectivity index (χ1) is 9.72. The van der Waals surface area contributed by atoms with E-state index in [1.807, 2.05) is 12.1 Å². The Morgan fingerprint density at radius 2 is 1.80 bits per heavy atom. The first-order valence-corrected chi connectivity index (χ1v) is 7.35. The van der Waals surface area contributed by atoms with Gasteiger partial charge in [-0.15, -0.1) is 0 Å². The smallest absolute Gasteiger partial charge is 0.0359 e. The van der Waals surface area contributed by atoms with Gasteiger partial charge in [0.05, 0.1) is 0 Å². The third kappa shape index (κ3) is 2.86. The first-order valence-electron chi connectivity index (χ1n) is 7.35. The number of rotatable bonds is 4. The maximum absolute atomic E-state index is 6.01. The second-order valence-electron chi connectivity index (χ2n) is 5.83. The minimum Gasteiger partial charge on any atom is -0.398 e. The fraction of sp³-hybridized carbons (Fsp3) is 0.333. The van der Waals surface area contributed by atoms with Gasteiger partial charge in [-0.2, -0.15) is 0 Å². The summed E-state index contributed by atoms with van der Waals surface area (Å²) in [6, 6.07) is 15.1. The van der Waals surface area contributed by atoms with Crippen molar-refractivity contribution in [2.24, 2.45) is 0 Å². The topological polar surface area (TPSA) is 29.3 Å². The van der Waals surface area contributed by atoms with Crippen molar-refractivity contribution in [3.8, 4) is 0 Å². The molecule has 0 fully saturated rings. The average molecular weight is 266 g/mol. The van der Waals surface area contributed by atoms with E-state index in [9.17, 15) is 0 Å². The van der Waals surface area contributed by atoms with Gasteiger partial charge in [-0.25, -0.2) is 0 Å². The third-order valence-corrected chi connectivity index (χ3v) is 4.11. The van der Waals surface area contributed by atoms with Crippen LogP contribution in [0.25, 0.3) is 0 Å². The first kappa shape index (κ1) is 13.2. The van der Waals surface area contributed by atoms with Crippen LogP contribution in [0.3, 0.4) is 0 Å². The van der Waals surface area contributed by atoms with Gasteiger partial charge in [0.1, 0.15) is 0 Å². The Bertz CT molecular complexity index is 604. The highest BCUT2D eigenvalue weighted by atomic mass is 15.1. The minimum absolute atomic E-state index is 0.883. The highest BCUT2D eigenvalue weighted by Crippen LogP contribution is 2.23. The van der Waals surface area contributed by atoms with Crippen LogP contribution in [0.2, 0.25) is 0 Å². The number of nitrogens with two attached hydrogens (primary N) is 1. The summed E-state index contributed by atoms with van der Waals surface area (Å²) in [6.45, 7) is 1.87. The molecule has 2 nitrogen and oxygen atoms in total. The second kappa shape index (κ2) is 5.68. The number of hydrogen-bond acceptors (Lipinski definition) is 2. The van der Waals surface area contributed by atoms with Crippen LogP contribution in [0.1, 0.15) is 28.7 Å². The molecule has 0 aliphatic heterocycles. The molecule has 3 rings (SSSR count). The van der Waals surface area contributed by atoms with Crippen LogP contribution in [-0.2, 0) is 25.9 Å². The molecule has 1 aliphatic carbocycles. The maximum Gasteiger partial charge on any atom is 0.0359 e. The second-order valence-corrected chi connectivity index (χ2v) is 5.83. The molecule has 0 radical (unpaired) electrons. The molecule has 0 saturated carbocycles. The quantitative estimate of drug-likeness (QED) is 0.860. The molecule has 0 aromatic heterocycles. The summed E-state index contributed by atoms with van der Waals surface area (Å²) >= 11 is 0. The average Bonchev–Trinajstić information content (AvgIpc) is 2.89. The zero-order chi connectivity index (χ0) is 13.9. The number of aryl methyl sites for hydroxylation is 2. The molecule has 2 heteroatoms. The Morgan fingerprint density at radius 1 is 1.00 bits per heavy atom. The Balaban J connectivity index is 1.67. The summed E-state index contributed by atoms with van der Waals surface area (Å²) in [5.41, 5.74) is 12.6. The molecule has 0 bridgehead atoms. The molecule has 104 valence electrons. The number of fused-ring (bicyclic) bond motifs is 1. The maximum atomic E-state index is 6.01.